The fourth-order valence-corrected chi connectivity index (χ4v) is 5.61. The first-order chi connectivity index (χ1) is 18.8. The molecule has 0 spiro atoms. The minimum absolute atomic E-state index is 0.0317. The molecular formula is C27H37F3N6O5. The maximum Gasteiger partial charge on any atom is 0.471 e. The minimum atomic E-state index is -5.29. The molecule has 4 amide bonds. The van der Waals surface area contributed by atoms with Crippen LogP contribution < -0.4 is 16.0 Å². The van der Waals surface area contributed by atoms with Gasteiger partial charge in [-0.1, -0.05) is 20.8 Å². The normalized spacial score (nSPS) is 27.9. The zero-order chi connectivity index (χ0) is 31.1. The number of nitriles is 2. The second kappa shape index (κ2) is 11.1. The summed E-state index contributed by atoms with van der Waals surface area (Å²) in [6.07, 6.45) is -5.46. The number of nitrogens with one attached hydrogen (secondary N) is 3. The average molecular weight is 583 g/mol. The van der Waals surface area contributed by atoms with Gasteiger partial charge in [-0.2, -0.15) is 23.7 Å². The van der Waals surface area contributed by atoms with Crippen LogP contribution in [0.5, 0.6) is 0 Å². The maximum atomic E-state index is 13.8. The van der Waals surface area contributed by atoms with Crippen molar-refractivity contribution in [3.05, 3.63) is 0 Å². The van der Waals surface area contributed by atoms with Gasteiger partial charge in [-0.15, -0.1) is 0 Å². The molecule has 3 fully saturated rings. The smallest absolute Gasteiger partial charge is 0.355 e. The second-order valence-electron chi connectivity index (χ2n) is 12.8. The maximum absolute atomic E-state index is 13.8. The van der Waals surface area contributed by atoms with Crippen molar-refractivity contribution in [2.75, 3.05) is 6.54 Å². The van der Waals surface area contributed by atoms with E-state index in [2.05, 4.69) is 10.6 Å². The van der Waals surface area contributed by atoms with E-state index in [1.54, 1.807) is 26.1 Å². The van der Waals surface area contributed by atoms with Gasteiger partial charge < -0.3 is 25.6 Å². The largest absolute Gasteiger partial charge is 0.471 e. The quantitative estimate of drug-likeness (QED) is 0.372. The highest BCUT2D eigenvalue weighted by Crippen LogP contribution is 2.42. The van der Waals surface area contributed by atoms with E-state index < -0.39 is 76.5 Å². The van der Waals surface area contributed by atoms with Gasteiger partial charge in [0.25, 0.3) is 0 Å². The number of nitrogens with zero attached hydrogens (tertiary/aromatic N) is 3. The van der Waals surface area contributed by atoms with Crippen molar-refractivity contribution in [3.63, 3.8) is 0 Å². The van der Waals surface area contributed by atoms with Crippen molar-refractivity contribution in [1.82, 2.24) is 20.9 Å². The second-order valence-corrected chi connectivity index (χ2v) is 12.8. The molecule has 3 rings (SSSR count). The summed E-state index contributed by atoms with van der Waals surface area (Å²) in [6.45, 7) is 10.2. The number of hydrogen-bond acceptors (Lipinski definition) is 7. The molecule has 226 valence electrons. The van der Waals surface area contributed by atoms with Crippen molar-refractivity contribution < 1.29 is 37.1 Å². The lowest BCUT2D eigenvalue weighted by atomic mass is 9.80. The van der Waals surface area contributed by atoms with Crippen molar-refractivity contribution in [2.45, 2.75) is 109 Å². The van der Waals surface area contributed by atoms with E-state index in [1.807, 2.05) is 26.0 Å². The van der Waals surface area contributed by atoms with Crippen LogP contribution in [0.15, 0.2) is 0 Å². The summed E-state index contributed by atoms with van der Waals surface area (Å²) < 4.78 is 45.2. The minimum Gasteiger partial charge on any atom is -0.355 e. The van der Waals surface area contributed by atoms with E-state index >= 15 is 0 Å². The highest BCUT2D eigenvalue weighted by molar-refractivity contribution is 5.94. The SMILES string of the molecule is CC(OC1(C#N)CC1)C(NC(=O)C(F)(F)F)C(=O)N1CC(C)(C)C(C)C1C(=O)NC(C#N)CC1CC(C)(C)NC1=O. The van der Waals surface area contributed by atoms with Gasteiger partial charge in [-0.3, -0.25) is 19.2 Å². The van der Waals surface area contributed by atoms with Gasteiger partial charge in [-0.25, -0.2) is 0 Å². The molecule has 6 unspecified atom stereocenters. The van der Waals surface area contributed by atoms with Crippen LogP contribution in [0.3, 0.4) is 0 Å². The van der Waals surface area contributed by atoms with E-state index in [-0.39, 0.29) is 18.9 Å². The molecule has 11 nitrogen and oxygen atoms in total. The summed E-state index contributed by atoms with van der Waals surface area (Å²) in [5.41, 5.74) is -2.38. The summed E-state index contributed by atoms with van der Waals surface area (Å²) in [7, 11) is 0. The fourth-order valence-electron chi connectivity index (χ4n) is 5.61. The molecular weight excluding hydrogens is 545 g/mol. The van der Waals surface area contributed by atoms with Crippen LogP contribution in [-0.2, 0) is 23.9 Å². The van der Waals surface area contributed by atoms with Gasteiger partial charge in [0.05, 0.1) is 18.2 Å². The number of ether oxygens (including phenoxy) is 1. The predicted molar refractivity (Wildman–Crippen MR) is 137 cm³/mol. The Bertz CT molecular complexity index is 1170. The van der Waals surface area contributed by atoms with Gasteiger partial charge in [0.2, 0.25) is 17.7 Å². The first-order valence-electron chi connectivity index (χ1n) is 13.5. The zero-order valence-corrected chi connectivity index (χ0v) is 24.0. The molecule has 0 bridgehead atoms. The molecule has 2 aliphatic heterocycles. The molecule has 3 N–H and O–H groups in total. The predicted octanol–water partition coefficient (Wildman–Crippen LogP) is 1.68. The Morgan fingerprint density at radius 1 is 1.17 bits per heavy atom. The summed E-state index contributed by atoms with van der Waals surface area (Å²) in [5, 5.41) is 26.3. The lowest BCUT2D eigenvalue weighted by molar-refractivity contribution is -0.177. The van der Waals surface area contributed by atoms with Crippen LogP contribution >= 0.6 is 0 Å². The Balaban J connectivity index is 1.85. The Labute approximate surface area is 237 Å². The molecule has 41 heavy (non-hydrogen) atoms. The third-order valence-electron chi connectivity index (χ3n) is 8.35. The summed E-state index contributed by atoms with van der Waals surface area (Å²) in [4.78, 5) is 52.8. The lowest BCUT2D eigenvalue weighted by Gasteiger charge is -2.33. The van der Waals surface area contributed by atoms with Crippen LogP contribution in [0.2, 0.25) is 0 Å². The molecule has 0 aromatic rings. The lowest BCUT2D eigenvalue weighted by Crippen LogP contribution is -2.60. The highest BCUT2D eigenvalue weighted by Gasteiger charge is 2.54. The number of likely N-dealkylation sites (tertiary alicyclic amines) is 1. The van der Waals surface area contributed by atoms with Crippen molar-refractivity contribution >= 4 is 23.6 Å². The highest BCUT2D eigenvalue weighted by atomic mass is 19.4. The number of alkyl halides is 3. The third-order valence-corrected chi connectivity index (χ3v) is 8.35. The van der Waals surface area contributed by atoms with E-state index in [0.29, 0.717) is 19.3 Å². The number of halogens is 3. The standard InChI is InChI=1S/C27H37F3N6O5/c1-14-19(21(38)33-17(11-31)9-16-10-25(5,6)35-20(16)37)36(13-24(14,3)4)22(39)18(34-23(40)27(28,29)30)15(2)41-26(12-32)7-8-26/h14-19H,7-10,13H2,1-6H3,(H,33,38)(H,34,40)(H,35,37). The van der Waals surface area contributed by atoms with Crippen molar-refractivity contribution in [1.29, 1.82) is 10.5 Å². The molecule has 0 aromatic heterocycles. The average Bonchev–Trinajstić information content (AvgIpc) is 3.51. The molecule has 6 atom stereocenters. The number of carbonyl (C=O) groups excluding carboxylic acids is 4. The van der Waals surface area contributed by atoms with E-state index in [1.165, 1.54) is 6.92 Å². The van der Waals surface area contributed by atoms with Crippen LogP contribution in [0.25, 0.3) is 0 Å². The van der Waals surface area contributed by atoms with Gasteiger partial charge in [0, 0.05) is 18.0 Å². The third kappa shape index (κ3) is 7.10. The Morgan fingerprint density at radius 3 is 2.24 bits per heavy atom. The van der Waals surface area contributed by atoms with Crippen LogP contribution in [0.4, 0.5) is 13.2 Å². The molecule has 1 aliphatic carbocycles. The zero-order valence-electron chi connectivity index (χ0n) is 24.0. The van der Waals surface area contributed by atoms with Crippen LogP contribution in [0.1, 0.15) is 67.2 Å². The topological polar surface area (TPSA) is 164 Å². The molecule has 3 aliphatic rings. The first-order valence-corrected chi connectivity index (χ1v) is 13.5. The number of rotatable bonds is 9. The van der Waals surface area contributed by atoms with Crippen molar-refractivity contribution in [3.8, 4) is 12.1 Å². The Morgan fingerprint density at radius 2 is 1.78 bits per heavy atom. The Hall–Kier alpha value is -3.39. The molecule has 1 saturated carbocycles. The molecule has 0 radical (unpaired) electrons. The van der Waals surface area contributed by atoms with E-state index in [0.717, 1.165) is 4.90 Å². The van der Waals surface area contributed by atoms with Gasteiger partial charge in [0.15, 0.2) is 5.60 Å². The van der Waals surface area contributed by atoms with Crippen LogP contribution in [-0.4, -0.2) is 76.6 Å². The summed E-state index contributed by atoms with van der Waals surface area (Å²) in [5.74, 6) is -5.29. The Kier molecular flexibility index (Phi) is 8.71. The fraction of sp³-hybridized carbons (Fsp3) is 0.778. The number of amides is 4. The number of carbonyl (C=O) groups is 4. The number of hydrogen-bond donors (Lipinski definition) is 3. The van der Waals surface area contributed by atoms with Gasteiger partial charge >= 0.3 is 12.1 Å². The van der Waals surface area contributed by atoms with E-state index in [9.17, 15) is 42.9 Å². The van der Waals surface area contributed by atoms with Crippen molar-refractivity contribution in [2.24, 2.45) is 17.3 Å². The summed E-state index contributed by atoms with van der Waals surface area (Å²) in [6, 6.07) is -0.172. The molecule has 2 saturated heterocycles. The van der Waals surface area contributed by atoms with Gasteiger partial charge in [0.1, 0.15) is 18.1 Å². The molecule has 0 aromatic carbocycles. The monoisotopic (exact) mass is 582 g/mol. The summed E-state index contributed by atoms with van der Waals surface area (Å²) >= 11 is 0. The van der Waals surface area contributed by atoms with Crippen LogP contribution in [0, 0.1) is 39.9 Å². The molecule has 2 heterocycles. The van der Waals surface area contributed by atoms with E-state index in [4.69, 9.17) is 4.74 Å². The first kappa shape index (κ1) is 32.1. The van der Waals surface area contributed by atoms with Gasteiger partial charge in [-0.05, 0) is 57.8 Å². The molecule has 14 heteroatoms.